The lowest BCUT2D eigenvalue weighted by molar-refractivity contribution is 1.01. The minimum Gasteiger partial charge on any atom is -0.344 e. The molecule has 0 saturated heterocycles. The first-order valence-corrected chi connectivity index (χ1v) is 29.7. The maximum Gasteiger partial charge on any atom is 0.0495 e. The summed E-state index contributed by atoms with van der Waals surface area (Å²) >= 11 is 0. The van der Waals surface area contributed by atoms with Crippen LogP contribution in [0, 0.1) is 0 Å². The predicted octanol–water partition coefficient (Wildman–Crippen LogP) is 19.6. The van der Waals surface area contributed by atoms with E-state index in [1.165, 1.54) is 176 Å². The van der Waals surface area contributed by atoms with E-state index in [4.69, 9.17) is 0 Å². The van der Waals surface area contributed by atoms with Gasteiger partial charge in [0, 0.05) is 115 Å². The number of aromatic nitrogens is 4. The van der Waals surface area contributed by atoms with Gasteiger partial charge in [-0.15, -0.1) is 0 Å². The molecule has 4 nitrogen and oxygen atoms in total. The van der Waals surface area contributed by atoms with E-state index >= 15 is 0 Å². The average molecular weight is 1080 g/mol. The van der Waals surface area contributed by atoms with Crippen molar-refractivity contribution in [2.75, 3.05) is 0 Å². The maximum absolute atomic E-state index is 2.40. The number of rotatable bonds is 0. The molecule has 4 aliphatic rings. The van der Waals surface area contributed by atoms with E-state index in [1.54, 1.807) is 0 Å². The number of fused-ring (bicyclic) bond motifs is 26. The number of para-hydroxylation sites is 4. The van der Waals surface area contributed by atoms with Gasteiger partial charge in [0.05, 0.1) is 0 Å². The van der Waals surface area contributed by atoms with E-state index in [-0.39, 0.29) is 0 Å². The third-order valence-corrected chi connectivity index (χ3v) is 19.3. The quantitative estimate of drug-likeness (QED) is 0.144. The van der Waals surface area contributed by atoms with Gasteiger partial charge in [0.2, 0.25) is 0 Å². The molecule has 0 amide bonds. The summed E-state index contributed by atoms with van der Waals surface area (Å²) in [6.07, 6.45) is 4.23. The van der Waals surface area contributed by atoms with Gasteiger partial charge >= 0.3 is 0 Å². The van der Waals surface area contributed by atoms with Crippen molar-refractivity contribution in [3.8, 4) is 44.5 Å². The molecule has 4 heterocycles. The molecule has 4 aromatic heterocycles. The number of benzene rings is 12. The van der Waals surface area contributed by atoms with Crippen molar-refractivity contribution in [1.82, 2.24) is 18.3 Å². The second-order valence-corrected chi connectivity index (χ2v) is 23.7. The van der Waals surface area contributed by atoms with Gasteiger partial charge in [0.15, 0.2) is 0 Å². The Labute approximate surface area is 488 Å². The molecule has 0 fully saturated rings. The van der Waals surface area contributed by atoms with Crippen LogP contribution in [0.3, 0.4) is 0 Å². The molecule has 0 N–H and O–H groups in total. The van der Waals surface area contributed by atoms with Crippen molar-refractivity contribution in [2.24, 2.45) is 28.2 Å². The van der Waals surface area contributed by atoms with Crippen LogP contribution in [-0.4, -0.2) is 18.3 Å². The molecule has 0 spiro atoms. The minimum atomic E-state index is 1.05. The Bertz CT molecular complexity index is 5410. The van der Waals surface area contributed by atoms with E-state index in [0.717, 1.165) is 25.7 Å². The predicted molar refractivity (Wildman–Crippen MR) is 355 cm³/mol. The van der Waals surface area contributed by atoms with Crippen LogP contribution in [0.1, 0.15) is 44.5 Å². The van der Waals surface area contributed by atoms with E-state index < -0.39 is 0 Å². The van der Waals surface area contributed by atoms with Crippen molar-refractivity contribution in [1.29, 1.82) is 0 Å². The Kier molecular flexibility index (Phi) is 10.8. The Balaban J connectivity index is 0.0000000882. The molecule has 4 aliphatic carbocycles. The van der Waals surface area contributed by atoms with E-state index in [9.17, 15) is 0 Å². The summed E-state index contributed by atoms with van der Waals surface area (Å²) in [5.74, 6) is 0. The fourth-order valence-electron chi connectivity index (χ4n) is 15.3. The van der Waals surface area contributed by atoms with Crippen LogP contribution in [0.5, 0.6) is 0 Å². The molecule has 12 aromatic carbocycles. The fraction of sp³-hybridized carbons (Fsp3) is 0.100. The van der Waals surface area contributed by atoms with Crippen LogP contribution < -0.4 is 0 Å². The number of nitrogens with zero attached hydrogens (tertiary/aromatic N) is 4. The van der Waals surface area contributed by atoms with Gasteiger partial charge in [-0.05, 0) is 175 Å². The van der Waals surface area contributed by atoms with Gasteiger partial charge in [0.1, 0.15) is 0 Å². The minimum absolute atomic E-state index is 1.05. The van der Waals surface area contributed by atoms with Gasteiger partial charge < -0.3 is 18.3 Å². The summed E-state index contributed by atoms with van der Waals surface area (Å²) in [5.41, 5.74) is 33.5. The maximum atomic E-state index is 2.40. The van der Waals surface area contributed by atoms with Gasteiger partial charge in [-0.25, -0.2) is 0 Å². The van der Waals surface area contributed by atoms with Crippen molar-refractivity contribution in [3.63, 3.8) is 0 Å². The van der Waals surface area contributed by atoms with Gasteiger partial charge in [0.25, 0.3) is 0 Å². The summed E-state index contributed by atoms with van der Waals surface area (Å²) in [6, 6.07) is 88.6. The summed E-state index contributed by atoms with van der Waals surface area (Å²) < 4.78 is 9.25. The molecule has 400 valence electrons. The third-order valence-electron chi connectivity index (χ3n) is 19.3. The second-order valence-electron chi connectivity index (χ2n) is 23.7. The topological polar surface area (TPSA) is 19.7 Å². The monoisotopic (exact) mass is 1080 g/mol. The Morgan fingerprint density at radius 1 is 0.214 bits per heavy atom. The molecule has 4 heteroatoms. The summed E-state index contributed by atoms with van der Waals surface area (Å²) in [4.78, 5) is 0. The fourth-order valence-corrected chi connectivity index (χ4v) is 15.3. The molecule has 0 saturated carbocycles. The number of aryl methyl sites for hydroxylation is 4. The zero-order valence-electron chi connectivity index (χ0n) is 47.7. The van der Waals surface area contributed by atoms with Gasteiger partial charge in [-0.2, -0.15) is 0 Å². The molecular weight excluding hydrogens is 1020 g/mol. The molecule has 0 radical (unpaired) electrons. The molecule has 0 aliphatic heterocycles. The Hall–Kier alpha value is -10.2. The Morgan fingerprint density at radius 2 is 0.595 bits per heavy atom. The lowest BCUT2D eigenvalue weighted by atomic mass is 9.99. The normalized spacial score (nSPS) is 12.8. The standard InChI is InChI=1S/4C20H15N/c1-21-19-9-5-4-8-16(19)18-12-17-14(11-20(18)21)10-13-6-2-3-7-15(13)17;1-21-19-9-5-4-8-16(19)18-11-14-10-13-6-2-3-7-15(13)17(14)12-20(18)21;1-21-17-9-5-4-8-16(17)20-18(21)11-10-14-12-13-6-2-3-7-15(13)19(14)20;1-21-18-9-5-4-8-16(18)20-17-12-13-6-2-3-7-14(13)15(17)10-11-19(20)21/h2*2-9,11-12H,10H2,1H3;2*2-11H,12H2,1H3. The third kappa shape index (κ3) is 7.20. The zero-order valence-corrected chi connectivity index (χ0v) is 47.7. The van der Waals surface area contributed by atoms with Crippen molar-refractivity contribution < 1.29 is 0 Å². The van der Waals surface area contributed by atoms with Crippen LogP contribution in [-0.2, 0) is 53.9 Å². The average Bonchev–Trinajstić information content (AvgIpc) is 4.58. The largest absolute Gasteiger partial charge is 0.344 e. The van der Waals surface area contributed by atoms with Crippen molar-refractivity contribution >= 4 is 87.2 Å². The van der Waals surface area contributed by atoms with Crippen LogP contribution >= 0.6 is 0 Å². The first kappa shape index (κ1) is 48.5. The lowest BCUT2D eigenvalue weighted by Crippen LogP contribution is -1.88. The number of hydrogen-bond donors (Lipinski definition) is 0. The van der Waals surface area contributed by atoms with Crippen LogP contribution in [0.2, 0.25) is 0 Å². The van der Waals surface area contributed by atoms with Crippen LogP contribution in [0.15, 0.2) is 243 Å². The van der Waals surface area contributed by atoms with E-state index in [2.05, 4.69) is 289 Å². The molecule has 0 bridgehead atoms. The van der Waals surface area contributed by atoms with E-state index in [1.807, 2.05) is 0 Å². The first-order valence-electron chi connectivity index (χ1n) is 29.7. The molecule has 0 unspecified atom stereocenters. The van der Waals surface area contributed by atoms with Crippen molar-refractivity contribution in [3.05, 3.63) is 287 Å². The highest BCUT2D eigenvalue weighted by molar-refractivity contribution is 6.17. The van der Waals surface area contributed by atoms with Crippen LogP contribution in [0.4, 0.5) is 0 Å². The highest BCUT2D eigenvalue weighted by Gasteiger charge is 2.26. The SMILES string of the molecule is Cn1c2ccccc2c2c3c(ccc21)-c1ccccc1C3.Cn1c2ccccc2c2c3c(ccc21)Cc1ccccc1-3.Cn1c2ccccc2c2cc3c(cc21)-c1ccccc1C3.Cn1c2ccccc2c2cc3c(cc21)Cc1ccccc1-3. The van der Waals surface area contributed by atoms with Gasteiger partial charge in [-0.1, -0.05) is 182 Å². The van der Waals surface area contributed by atoms with Crippen LogP contribution in [0.25, 0.3) is 132 Å². The lowest BCUT2D eigenvalue weighted by Gasteiger charge is -2.04. The molecule has 16 aromatic rings. The summed E-state index contributed by atoms with van der Waals surface area (Å²) in [7, 11) is 8.66. The van der Waals surface area contributed by atoms with Gasteiger partial charge in [-0.3, -0.25) is 0 Å². The zero-order chi connectivity index (χ0) is 55.9. The summed E-state index contributed by atoms with van der Waals surface area (Å²) in [5, 5.41) is 11.0. The van der Waals surface area contributed by atoms with E-state index in [0.29, 0.717) is 0 Å². The second kappa shape index (κ2) is 18.7. The molecule has 0 atom stereocenters. The first-order chi connectivity index (χ1) is 41.3. The van der Waals surface area contributed by atoms with Crippen molar-refractivity contribution in [2.45, 2.75) is 25.7 Å². The molecule has 20 rings (SSSR count). The molecular formula is C80H60N4. The molecule has 84 heavy (non-hydrogen) atoms. The highest BCUT2D eigenvalue weighted by atomic mass is 15.0. The highest BCUT2D eigenvalue weighted by Crippen LogP contribution is 2.47. The Morgan fingerprint density at radius 3 is 1.19 bits per heavy atom. The summed E-state index contributed by atoms with van der Waals surface area (Å²) in [6.45, 7) is 0. The smallest absolute Gasteiger partial charge is 0.0495 e. The number of hydrogen-bond acceptors (Lipinski definition) is 0.